The first kappa shape index (κ1) is 9.79. The van der Waals surface area contributed by atoms with E-state index in [-0.39, 0.29) is 5.95 Å². The minimum Gasteiger partial charge on any atom is -0.368 e. The van der Waals surface area contributed by atoms with E-state index in [1.165, 1.54) is 0 Å². The van der Waals surface area contributed by atoms with Crippen molar-refractivity contribution in [2.24, 2.45) is 0 Å². The van der Waals surface area contributed by atoms with Crippen LogP contribution in [-0.4, -0.2) is 19.9 Å². The SMILES string of the molecule is Cc1nc(N)nc(-c2ncccc2Cl)n1. The summed E-state index contributed by atoms with van der Waals surface area (Å²) in [5.74, 6) is 1.10. The molecule has 0 saturated carbocycles. The van der Waals surface area contributed by atoms with Gasteiger partial charge in [-0.05, 0) is 19.1 Å². The van der Waals surface area contributed by atoms with Crippen molar-refractivity contribution in [3.8, 4) is 11.5 Å². The van der Waals surface area contributed by atoms with Gasteiger partial charge in [0.25, 0.3) is 0 Å². The van der Waals surface area contributed by atoms with Crippen molar-refractivity contribution in [2.45, 2.75) is 6.92 Å². The van der Waals surface area contributed by atoms with E-state index >= 15 is 0 Å². The quantitative estimate of drug-likeness (QED) is 0.789. The van der Waals surface area contributed by atoms with Crippen molar-refractivity contribution in [2.75, 3.05) is 5.73 Å². The third-order valence-corrected chi connectivity index (χ3v) is 2.04. The number of aryl methyl sites for hydroxylation is 1. The van der Waals surface area contributed by atoms with E-state index < -0.39 is 0 Å². The second-order valence-corrected chi connectivity index (χ2v) is 3.31. The van der Waals surface area contributed by atoms with Gasteiger partial charge in [0.1, 0.15) is 11.5 Å². The maximum atomic E-state index is 5.96. The average molecular weight is 222 g/mol. The lowest BCUT2D eigenvalue weighted by Crippen LogP contribution is -2.02. The van der Waals surface area contributed by atoms with Crippen LogP contribution in [0.4, 0.5) is 5.95 Å². The van der Waals surface area contributed by atoms with Gasteiger partial charge in [-0.3, -0.25) is 4.98 Å². The predicted octanol–water partition coefficient (Wildman–Crippen LogP) is 1.48. The highest BCUT2D eigenvalue weighted by atomic mass is 35.5. The van der Waals surface area contributed by atoms with Crippen LogP contribution in [-0.2, 0) is 0 Å². The Morgan fingerprint density at radius 1 is 1.27 bits per heavy atom. The summed E-state index contributed by atoms with van der Waals surface area (Å²) in [6, 6.07) is 3.46. The first-order chi connectivity index (χ1) is 7.16. The molecule has 2 aromatic heterocycles. The van der Waals surface area contributed by atoms with Crippen LogP contribution in [0.1, 0.15) is 5.82 Å². The Morgan fingerprint density at radius 3 is 2.73 bits per heavy atom. The summed E-state index contributed by atoms with van der Waals surface area (Å²) in [6.07, 6.45) is 1.62. The summed E-state index contributed by atoms with van der Waals surface area (Å²) in [5.41, 5.74) is 6.02. The number of aromatic nitrogens is 4. The Balaban J connectivity index is 2.59. The molecule has 0 saturated heterocycles. The third kappa shape index (κ3) is 2.02. The molecular formula is C9H8ClN5. The zero-order valence-electron chi connectivity index (χ0n) is 7.98. The smallest absolute Gasteiger partial charge is 0.223 e. The fraction of sp³-hybridized carbons (Fsp3) is 0.111. The summed E-state index contributed by atoms with van der Waals surface area (Å²) in [6.45, 7) is 1.73. The fourth-order valence-corrected chi connectivity index (χ4v) is 1.36. The van der Waals surface area contributed by atoms with E-state index in [1.54, 1.807) is 25.3 Å². The van der Waals surface area contributed by atoms with Crippen LogP contribution < -0.4 is 5.73 Å². The molecule has 2 aromatic rings. The van der Waals surface area contributed by atoms with Crippen molar-refractivity contribution in [1.82, 2.24) is 19.9 Å². The number of hydrogen-bond acceptors (Lipinski definition) is 5. The van der Waals surface area contributed by atoms with E-state index in [1.807, 2.05) is 0 Å². The lowest BCUT2D eigenvalue weighted by atomic mass is 10.3. The molecule has 2 heterocycles. The normalized spacial score (nSPS) is 10.3. The molecular weight excluding hydrogens is 214 g/mol. The van der Waals surface area contributed by atoms with Gasteiger partial charge in [0.05, 0.1) is 5.02 Å². The van der Waals surface area contributed by atoms with E-state index in [0.717, 1.165) is 0 Å². The molecule has 0 radical (unpaired) electrons. The van der Waals surface area contributed by atoms with Gasteiger partial charge in [-0.1, -0.05) is 11.6 Å². The Kier molecular flexibility index (Phi) is 2.47. The highest BCUT2D eigenvalue weighted by molar-refractivity contribution is 6.32. The minimum absolute atomic E-state index is 0.166. The van der Waals surface area contributed by atoms with Gasteiger partial charge in [-0.2, -0.15) is 9.97 Å². The number of hydrogen-bond donors (Lipinski definition) is 1. The first-order valence-electron chi connectivity index (χ1n) is 4.26. The molecule has 2 rings (SSSR count). The van der Waals surface area contributed by atoms with Gasteiger partial charge < -0.3 is 5.73 Å². The molecule has 0 aliphatic heterocycles. The number of rotatable bonds is 1. The van der Waals surface area contributed by atoms with Crippen LogP contribution in [0.2, 0.25) is 5.02 Å². The van der Waals surface area contributed by atoms with Crippen LogP contribution in [0.5, 0.6) is 0 Å². The lowest BCUT2D eigenvalue weighted by molar-refractivity contribution is 0.988. The average Bonchev–Trinajstić information content (AvgIpc) is 2.16. The molecule has 0 aliphatic carbocycles. The highest BCUT2D eigenvalue weighted by Gasteiger charge is 2.09. The molecule has 0 amide bonds. The molecule has 0 spiro atoms. The molecule has 15 heavy (non-hydrogen) atoms. The minimum atomic E-state index is 0.166. The molecule has 5 nitrogen and oxygen atoms in total. The topological polar surface area (TPSA) is 77.6 Å². The van der Waals surface area contributed by atoms with E-state index in [2.05, 4.69) is 19.9 Å². The molecule has 0 fully saturated rings. The zero-order valence-corrected chi connectivity index (χ0v) is 8.73. The van der Waals surface area contributed by atoms with Crippen molar-refractivity contribution >= 4 is 17.5 Å². The predicted molar refractivity (Wildman–Crippen MR) is 57.2 cm³/mol. The molecule has 6 heteroatoms. The standard InChI is InChI=1S/C9H8ClN5/c1-5-13-8(15-9(11)14-5)7-6(10)3-2-4-12-7/h2-4H,1H3,(H2,11,13,14,15). The summed E-state index contributed by atoms with van der Waals surface area (Å²) in [4.78, 5) is 16.1. The van der Waals surface area contributed by atoms with Gasteiger partial charge in [0.15, 0.2) is 5.82 Å². The molecule has 2 N–H and O–H groups in total. The van der Waals surface area contributed by atoms with Crippen LogP contribution >= 0.6 is 11.6 Å². The van der Waals surface area contributed by atoms with E-state index in [4.69, 9.17) is 17.3 Å². The molecule has 76 valence electrons. The number of anilines is 1. The summed E-state index contributed by atoms with van der Waals surface area (Å²) in [5, 5.41) is 0.488. The Labute approximate surface area is 91.4 Å². The largest absolute Gasteiger partial charge is 0.368 e. The lowest BCUT2D eigenvalue weighted by Gasteiger charge is -2.02. The van der Waals surface area contributed by atoms with Crippen molar-refractivity contribution in [1.29, 1.82) is 0 Å². The van der Waals surface area contributed by atoms with E-state index in [9.17, 15) is 0 Å². The van der Waals surface area contributed by atoms with Crippen LogP contribution in [0.15, 0.2) is 18.3 Å². The van der Waals surface area contributed by atoms with Gasteiger partial charge in [0.2, 0.25) is 5.95 Å². The highest BCUT2D eigenvalue weighted by Crippen LogP contribution is 2.21. The van der Waals surface area contributed by atoms with Gasteiger partial charge in [-0.15, -0.1) is 0 Å². The van der Waals surface area contributed by atoms with Gasteiger partial charge in [0, 0.05) is 6.20 Å². The summed E-state index contributed by atoms with van der Waals surface area (Å²) < 4.78 is 0. The molecule has 0 unspecified atom stereocenters. The monoisotopic (exact) mass is 221 g/mol. The van der Waals surface area contributed by atoms with Gasteiger partial charge >= 0.3 is 0 Å². The van der Waals surface area contributed by atoms with Crippen LogP contribution in [0.3, 0.4) is 0 Å². The number of pyridine rings is 1. The second kappa shape index (κ2) is 3.78. The van der Waals surface area contributed by atoms with Gasteiger partial charge in [-0.25, -0.2) is 4.98 Å². The Hall–Kier alpha value is -1.75. The van der Waals surface area contributed by atoms with Crippen LogP contribution in [0.25, 0.3) is 11.5 Å². The number of nitrogens with two attached hydrogens (primary N) is 1. The maximum Gasteiger partial charge on any atom is 0.223 e. The van der Waals surface area contributed by atoms with E-state index in [0.29, 0.717) is 22.4 Å². The number of halogens is 1. The fourth-order valence-electron chi connectivity index (χ4n) is 1.16. The summed E-state index contributed by atoms with van der Waals surface area (Å²) in [7, 11) is 0. The van der Waals surface area contributed by atoms with Crippen molar-refractivity contribution < 1.29 is 0 Å². The second-order valence-electron chi connectivity index (χ2n) is 2.90. The van der Waals surface area contributed by atoms with Crippen molar-refractivity contribution in [3.05, 3.63) is 29.2 Å². The third-order valence-electron chi connectivity index (χ3n) is 1.73. The maximum absolute atomic E-state index is 5.96. The Morgan fingerprint density at radius 2 is 2.07 bits per heavy atom. The number of nitrogens with zero attached hydrogens (tertiary/aromatic N) is 4. The van der Waals surface area contributed by atoms with Crippen LogP contribution in [0, 0.1) is 6.92 Å². The van der Waals surface area contributed by atoms with Crippen molar-refractivity contribution in [3.63, 3.8) is 0 Å². The zero-order chi connectivity index (χ0) is 10.8. The molecule has 0 aromatic carbocycles. The Bertz CT molecular complexity index is 479. The number of nitrogen functional groups attached to an aromatic ring is 1. The first-order valence-corrected chi connectivity index (χ1v) is 4.63. The molecule has 0 aliphatic rings. The molecule has 0 bridgehead atoms. The summed E-state index contributed by atoms with van der Waals surface area (Å²) >= 11 is 5.96. The molecule has 0 atom stereocenters.